The van der Waals surface area contributed by atoms with Gasteiger partial charge in [-0.1, -0.05) is 13.8 Å². The van der Waals surface area contributed by atoms with Crippen LogP contribution in [-0.4, -0.2) is 71.4 Å². The highest BCUT2D eigenvalue weighted by molar-refractivity contribution is 7.98. The maximum Gasteiger partial charge on any atom is 0.322 e. The van der Waals surface area contributed by atoms with Crippen LogP contribution in [0.4, 0.5) is 0 Å². The van der Waals surface area contributed by atoms with E-state index in [1.165, 1.54) is 11.8 Å². The highest BCUT2D eigenvalue weighted by Gasteiger charge is 2.29. The quantitative estimate of drug-likeness (QED) is 0.184. The van der Waals surface area contributed by atoms with E-state index in [0.29, 0.717) is 12.2 Å². The molecule has 166 valence electrons. The highest BCUT2D eigenvalue weighted by atomic mass is 32.2. The number of hydrogen-bond donors (Lipinski definition) is 6. The van der Waals surface area contributed by atoms with E-state index in [9.17, 15) is 24.0 Å². The number of carboxylic acids is 1. The van der Waals surface area contributed by atoms with Gasteiger partial charge in [-0.2, -0.15) is 11.8 Å². The number of carboxylic acid groups (broad SMARTS) is 1. The molecule has 0 saturated heterocycles. The van der Waals surface area contributed by atoms with Gasteiger partial charge in [0, 0.05) is 0 Å². The molecule has 11 nitrogen and oxygen atoms in total. The number of amides is 4. The molecule has 0 aromatic heterocycles. The second-order valence-corrected chi connectivity index (χ2v) is 7.91. The number of hydrogen-bond acceptors (Lipinski definition) is 7. The molecule has 0 aromatic rings. The summed E-state index contributed by atoms with van der Waals surface area (Å²) in [6.07, 6.45) is 1.94. The molecule has 0 rings (SSSR count). The lowest BCUT2D eigenvalue weighted by Gasteiger charge is -2.23. The summed E-state index contributed by atoms with van der Waals surface area (Å²) in [6, 6.07) is -3.21. The summed E-state index contributed by atoms with van der Waals surface area (Å²) < 4.78 is 0. The lowest BCUT2D eigenvalue weighted by Crippen LogP contribution is -2.57. The number of aliphatic carboxylic acids is 1. The molecule has 0 heterocycles. The minimum atomic E-state index is -1.30. The molecular weight excluding hydrogens is 402 g/mol. The van der Waals surface area contributed by atoms with Crippen molar-refractivity contribution in [2.75, 3.05) is 18.6 Å². The molecule has 0 radical (unpaired) electrons. The minimum absolute atomic E-state index is 0.146. The molecule has 8 N–H and O–H groups in total. The Balaban J connectivity index is 5.20. The Kier molecular flexibility index (Phi) is 12.7. The molecule has 4 amide bonds. The third-order valence-electron chi connectivity index (χ3n) is 3.76. The van der Waals surface area contributed by atoms with Crippen LogP contribution in [0, 0.1) is 5.92 Å². The monoisotopic (exact) mass is 433 g/mol. The van der Waals surface area contributed by atoms with E-state index in [0.717, 1.165) is 0 Å². The van der Waals surface area contributed by atoms with Gasteiger partial charge in [-0.05, 0) is 30.8 Å². The summed E-state index contributed by atoms with van der Waals surface area (Å²) in [7, 11) is 0. The Morgan fingerprint density at radius 3 is 2.07 bits per heavy atom. The first-order valence-corrected chi connectivity index (χ1v) is 10.5. The number of carbonyl (C=O) groups is 5. The Morgan fingerprint density at radius 1 is 1.00 bits per heavy atom. The van der Waals surface area contributed by atoms with Crippen LogP contribution in [0.15, 0.2) is 0 Å². The van der Waals surface area contributed by atoms with Gasteiger partial charge >= 0.3 is 5.97 Å². The third-order valence-corrected chi connectivity index (χ3v) is 4.40. The van der Waals surface area contributed by atoms with E-state index in [2.05, 4.69) is 16.0 Å². The predicted molar refractivity (Wildman–Crippen MR) is 109 cm³/mol. The van der Waals surface area contributed by atoms with Gasteiger partial charge < -0.3 is 32.5 Å². The van der Waals surface area contributed by atoms with Crippen LogP contribution in [-0.2, 0) is 24.0 Å². The zero-order valence-corrected chi connectivity index (χ0v) is 17.7. The van der Waals surface area contributed by atoms with Crippen molar-refractivity contribution in [3.05, 3.63) is 0 Å². The van der Waals surface area contributed by atoms with Crippen LogP contribution in [0.25, 0.3) is 0 Å². The number of rotatable bonds is 14. The van der Waals surface area contributed by atoms with Gasteiger partial charge in [0.1, 0.15) is 18.6 Å². The van der Waals surface area contributed by atoms with Gasteiger partial charge in [0.2, 0.25) is 23.6 Å². The lowest BCUT2D eigenvalue weighted by atomic mass is 10.0. The van der Waals surface area contributed by atoms with Crippen molar-refractivity contribution in [3.63, 3.8) is 0 Å². The van der Waals surface area contributed by atoms with Crippen molar-refractivity contribution < 1.29 is 29.1 Å². The summed E-state index contributed by atoms with van der Waals surface area (Å²) in [6.45, 7) is 3.16. The van der Waals surface area contributed by atoms with Crippen molar-refractivity contribution >= 4 is 41.4 Å². The van der Waals surface area contributed by atoms with Gasteiger partial charge in [0.25, 0.3) is 0 Å². The predicted octanol–water partition coefficient (Wildman–Crippen LogP) is -1.84. The lowest BCUT2D eigenvalue weighted by molar-refractivity contribution is -0.138. The average Bonchev–Trinajstić information content (AvgIpc) is 2.61. The van der Waals surface area contributed by atoms with E-state index < -0.39 is 60.7 Å². The molecule has 0 fully saturated rings. The topological polar surface area (TPSA) is 194 Å². The fraction of sp³-hybridized carbons (Fsp3) is 0.706. The van der Waals surface area contributed by atoms with Gasteiger partial charge in [0.15, 0.2) is 0 Å². The number of primary amides is 1. The Labute approximate surface area is 174 Å². The van der Waals surface area contributed by atoms with E-state index in [4.69, 9.17) is 16.6 Å². The molecule has 12 heteroatoms. The van der Waals surface area contributed by atoms with E-state index in [-0.39, 0.29) is 12.3 Å². The van der Waals surface area contributed by atoms with Crippen molar-refractivity contribution in [1.82, 2.24) is 16.0 Å². The van der Waals surface area contributed by atoms with Crippen molar-refractivity contribution in [3.8, 4) is 0 Å². The zero-order chi connectivity index (χ0) is 22.6. The van der Waals surface area contributed by atoms with Gasteiger partial charge in [-0.15, -0.1) is 0 Å². The molecule has 0 bridgehead atoms. The molecule has 3 atom stereocenters. The van der Waals surface area contributed by atoms with Gasteiger partial charge in [-0.3, -0.25) is 24.0 Å². The van der Waals surface area contributed by atoms with E-state index in [1.54, 1.807) is 6.26 Å². The fourth-order valence-electron chi connectivity index (χ4n) is 2.37. The first-order chi connectivity index (χ1) is 13.5. The molecule has 0 aliphatic rings. The SMILES string of the molecule is CSCCC(NC(=O)C(CC(N)=O)NC(=O)C(N)CC(C)C)C(=O)NCC(=O)O. The first-order valence-electron chi connectivity index (χ1n) is 9.10. The third kappa shape index (κ3) is 12.0. The van der Waals surface area contributed by atoms with Crippen LogP contribution < -0.4 is 27.4 Å². The molecule has 29 heavy (non-hydrogen) atoms. The van der Waals surface area contributed by atoms with E-state index >= 15 is 0 Å². The van der Waals surface area contributed by atoms with Crippen molar-refractivity contribution in [1.29, 1.82) is 0 Å². The summed E-state index contributed by atoms with van der Waals surface area (Å²) in [5.41, 5.74) is 11.0. The molecule has 0 aromatic carbocycles. The summed E-state index contributed by atoms with van der Waals surface area (Å²) in [5.74, 6) is -3.48. The Bertz CT molecular complexity index is 601. The van der Waals surface area contributed by atoms with Crippen LogP contribution in [0.3, 0.4) is 0 Å². The molecule has 0 spiro atoms. The standard InChI is InChI=1S/C17H31N5O6S/c1-9(2)6-10(18)15(26)22-12(7-13(19)23)17(28)21-11(4-5-29-3)16(27)20-8-14(24)25/h9-12H,4-8,18H2,1-3H3,(H2,19,23)(H,20,27)(H,21,28)(H,22,26)(H,24,25). The van der Waals surface area contributed by atoms with Gasteiger partial charge in [-0.25, -0.2) is 0 Å². The number of nitrogens with one attached hydrogen (secondary N) is 3. The molecular formula is C17H31N5O6S. The summed E-state index contributed by atoms with van der Waals surface area (Å²) in [4.78, 5) is 59.0. The van der Waals surface area contributed by atoms with Crippen molar-refractivity contribution in [2.45, 2.75) is 51.2 Å². The van der Waals surface area contributed by atoms with Crippen LogP contribution in [0.1, 0.15) is 33.1 Å². The van der Waals surface area contributed by atoms with Gasteiger partial charge in [0.05, 0.1) is 12.5 Å². The normalized spacial score (nSPS) is 13.8. The van der Waals surface area contributed by atoms with Crippen LogP contribution in [0.5, 0.6) is 0 Å². The summed E-state index contributed by atoms with van der Waals surface area (Å²) >= 11 is 1.43. The number of thioether (sulfide) groups is 1. The zero-order valence-electron chi connectivity index (χ0n) is 16.9. The first kappa shape index (κ1) is 26.7. The molecule has 3 unspecified atom stereocenters. The Morgan fingerprint density at radius 2 is 1.59 bits per heavy atom. The fourth-order valence-corrected chi connectivity index (χ4v) is 2.84. The Hall–Kier alpha value is -2.34. The van der Waals surface area contributed by atoms with E-state index in [1.807, 2.05) is 13.8 Å². The van der Waals surface area contributed by atoms with Crippen molar-refractivity contribution in [2.24, 2.45) is 17.4 Å². The molecule has 0 aliphatic carbocycles. The second-order valence-electron chi connectivity index (χ2n) is 6.92. The summed E-state index contributed by atoms with van der Waals surface area (Å²) in [5, 5.41) is 15.7. The smallest absolute Gasteiger partial charge is 0.322 e. The minimum Gasteiger partial charge on any atom is -0.480 e. The molecule has 0 saturated carbocycles. The highest BCUT2D eigenvalue weighted by Crippen LogP contribution is 2.05. The number of carbonyl (C=O) groups excluding carboxylic acids is 4. The largest absolute Gasteiger partial charge is 0.480 e. The second kappa shape index (κ2) is 13.8. The number of nitrogens with two attached hydrogens (primary N) is 2. The maximum atomic E-state index is 12.6. The maximum absolute atomic E-state index is 12.6. The average molecular weight is 434 g/mol. The van der Waals surface area contributed by atoms with Crippen LogP contribution in [0.2, 0.25) is 0 Å². The van der Waals surface area contributed by atoms with Crippen LogP contribution >= 0.6 is 11.8 Å². The molecule has 0 aliphatic heterocycles.